The van der Waals surface area contributed by atoms with Crippen molar-refractivity contribution in [3.63, 3.8) is 0 Å². The van der Waals surface area contributed by atoms with Crippen molar-refractivity contribution >= 4 is 11.6 Å². The first-order chi connectivity index (χ1) is 10.2. The fourth-order valence-electron chi connectivity index (χ4n) is 1.94. The molecule has 0 radical (unpaired) electrons. The van der Waals surface area contributed by atoms with E-state index < -0.39 is 0 Å². The van der Waals surface area contributed by atoms with E-state index in [2.05, 4.69) is 0 Å². The van der Waals surface area contributed by atoms with Gasteiger partial charge in [-0.15, -0.1) is 11.6 Å². The van der Waals surface area contributed by atoms with Crippen molar-refractivity contribution in [3.05, 3.63) is 42.0 Å². The van der Waals surface area contributed by atoms with E-state index in [1.54, 1.807) is 33.5 Å². The van der Waals surface area contributed by atoms with Crippen LogP contribution < -0.4 is 18.9 Å². The maximum absolute atomic E-state index is 5.83. The molecule has 0 bridgehead atoms. The second kappa shape index (κ2) is 7.09. The van der Waals surface area contributed by atoms with Crippen molar-refractivity contribution in [2.24, 2.45) is 0 Å². The van der Waals surface area contributed by atoms with Gasteiger partial charge in [-0.2, -0.15) is 0 Å². The highest BCUT2D eigenvalue weighted by Gasteiger charge is 2.14. The minimum atomic E-state index is 0.437. The zero-order chi connectivity index (χ0) is 15.2. The van der Waals surface area contributed by atoms with E-state index in [0.29, 0.717) is 34.6 Å². The molecule has 0 amide bonds. The van der Waals surface area contributed by atoms with E-state index in [-0.39, 0.29) is 0 Å². The van der Waals surface area contributed by atoms with Gasteiger partial charge in [-0.25, -0.2) is 0 Å². The highest BCUT2D eigenvalue weighted by molar-refractivity contribution is 6.17. The lowest BCUT2D eigenvalue weighted by Crippen LogP contribution is -1.96. The van der Waals surface area contributed by atoms with Gasteiger partial charge in [0.2, 0.25) is 5.75 Å². The average Bonchev–Trinajstić information content (AvgIpc) is 2.53. The number of halogens is 1. The van der Waals surface area contributed by atoms with Gasteiger partial charge in [0.15, 0.2) is 11.5 Å². The molecule has 0 heterocycles. The molecule has 0 N–H and O–H groups in total. The largest absolute Gasteiger partial charge is 0.493 e. The molecule has 0 spiro atoms. The predicted octanol–water partition coefficient (Wildman–Crippen LogP) is 4.24. The van der Waals surface area contributed by atoms with Crippen molar-refractivity contribution in [3.8, 4) is 28.7 Å². The molecule has 0 aliphatic heterocycles. The molecule has 112 valence electrons. The molecule has 2 aromatic carbocycles. The lowest BCUT2D eigenvalue weighted by Gasteiger charge is -2.14. The van der Waals surface area contributed by atoms with E-state index in [4.69, 9.17) is 30.5 Å². The average molecular weight is 309 g/mol. The highest BCUT2D eigenvalue weighted by Crippen LogP contribution is 2.41. The third-order valence-electron chi connectivity index (χ3n) is 2.93. The number of ether oxygens (including phenoxy) is 4. The van der Waals surface area contributed by atoms with Crippen molar-refractivity contribution in [2.45, 2.75) is 5.88 Å². The molecule has 0 saturated heterocycles. The smallest absolute Gasteiger partial charge is 0.203 e. The second-order valence-electron chi connectivity index (χ2n) is 4.24. The van der Waals surface area contributed by atoms with Crippen LogP contribution in [-0.4, -0.2) is 21.3 Å². The van der Waals surface area contributed by atoms with Crippen LogP contribution in [0.1, 0.15) is 5.56 Å². The molecule has 2 aromatic rings. The Morgan fingerprint density at radius 2 is 1.52 bits per heavy atom. The SMILES string of the molecule is COc1cc(Oc2cccc(CCl)c2)cc(OC)c1OC. The minimum absolute atomic E-state index is 0.437. The summed E-state index contributed by atoms with van der Waals surface area (Å²) in [6, 6.07) is 11.1. The number of hydrogen-bond donors (Lipinski definition) is 0. The number of rotatable bonds is 6. The van der Waals surface area contributed by atoms with Crippen molar-refractivity contribution in [1.29, 1.82) is 0 Å². The first-order valence-electron chi connectivity index (χ1n) is 6.34. The van der Waals surface area contributed by atoms with Gasteiger partial charge in [-0.1, -0.05) is 12.1 Å². The Labute approximate surface area is 129 Å². The van der Waals surface area contributed by atoms with Crippen molar-refractivity contribution in [1.82, 2.24) is 0 Å². The molecule has 0 unspecified atom stereocenters. The Hall–Kier alpha value is -2.07. The summed E-state index contributed by atoms with van der Waals surface area (Å²) >= 11 is 5.82. The summed E-state index contributed by atoms with van der Waals surface area (Å²) in [7, 11) is 4.69. The predicted molar refractivity (Wildman–Crippen MR) is 82.2 cm³/mol. The van der Waals surface area contributed by atoms with E-state index in [9.17, 15) is 0 Å². The number of methoxy groups -OCH3 is 3. The third kappa shape index (κ3) is 3.52. The minimum Gasteiger partial charge on any atom is -0.493 e. The fourth-order valence-corrected chi connectivity index (χ4v) is 2.11. The van der Waals surface area contributed by atoms with E-state index >= 15 is 0 Å². The molecule has 4 nitrogen and oxygen atoms in total. The Balaban J connectivity index is 2.35. The summed E-state index contributed by atoms with van der Waals surface area (Å²) in [6.07, 6.45) is 0. The van der Waals surface area contributed by atoms with Crippen molar-refractivity contribution in [2.75, 3.05) is 21.3 Å². The maximum atomic E-state index is 5.83. The van der Waals surface area contributed by atoms with Crippen LogP contribution in [-0.2, 0) is 5.88 Å². The van der Waals surface area contributed by atoms with Crippen molar-refractivity contribution < 1.29 is 18.9 Å². The van der Waals surface area contributed by atoms with Crippen LogP contribution in [0.5, 0.6) is 28.7 Å². The van der Waals surface area contributed by atoms with Crippen LogP contribution in [0.25, 0.3) is 0 Å². The van der Waals surface area contributed by atoms with Crippen LogP contribution in [0.2, 0.25) is 0 Å². The molecule has 0 aromatic heterocycles. The van der Waals surface area contributed by atoms with Crippen LogP contribution in [0.15, 0.2) is 36.4 Å². The molecule has 21 heavy (non-hydrogen) atoms. The molecule has 0 aliphatic carbocycles. The number of alkyl halides is 1. The Kier molecular flexibility index (Phi) is 5.17. The topological polar surface area (TPSA) is 36.9 Å². The summed E-state index contributed by atoms with van der Waals surface area (Å²) in [5, 5.41) is 0. The lowest BCUT2D eigenvalue weighted by molar-refractivity contribution is 0.321. The van der Waals surface area contributed by atoms with Crippen LogP contribution in [0.4, 0.5) is 0 Å². The second-order valence-corrected chi connectivity index (χ2v) is 4.51. The molecule has 5 heteroatoms. The van der Waals surface area contributed by atoms with Crippen LogP contribution in [0.3, 0.4) is 0 Å². The first-order valence-corrected chi connectivity index (χ1v) is 6.88. The molecule has 0 saturated carbocycles. The lowest BCUT2D eigenvalue weighted by atomic mass is 10.2. The quantitative estimate of drug-likeness (QED) is 0.748. The zero-order valence-corrected chi connectivity index (χ0v) is 12.9. The molecule has 0 aliphatic rings. The molecule has 2 rings (SSSR count). The van der Waals surface area contributed by atoms with Gasteiger partial charge in [0, 0.05) is 18.0 Å². The van der Waals surface area contributed by atoms with E-state index in [1.807, 2.05) is 24.3 Å². The summed E-state index contributed by atoms with van der Waals surface area (Å²) < 4.78 is 21.7. The molecular weight excluding hydrogens is 292 g/mol. The summed E-state index contributed by atoms with van der Waals surface area (Å²) in [4.78, 5) is 0. The third-order valence-corrected chi connectivity index (χ3v) is 3.24. The van der Waals surface area contributed by atoms with E-state index in [0.717, 1.165) is 5.56 Å². The highest BCUT2D eigenvalue weighted by atomic mass is 35.5. The first kappa shape index (κ1) is 15.3. The van der Waals surface area contributed by atoms with Crippen LogP contribution >= 0.6 is 11.6 Å². The Morgan fingerprint density at radius 3 is 2.05 bits per heavy atom. The van der Waals surface area contributed by atoms with Gasteiger partial charge in [-0.3, -0.25) is 0 Å². The summed E-state index contributed by atoms with van der Waals surface area (Å²) in [5.41, 5.74) is 0.988. The normalized spacial score (nSPS) is 10.1. The standard InChI is InChI=1S/C16H17ClO4/c1-18-14-8-13(9-15(19-2)16(14)20-3)21-12-6-4-5-11(7-12)10-17/h4-9H,10H2,1-3H3. The van der Waals surface area contributed by atoms with Gasteiger partial charge in [0.25, 0.3) is 0 Å². The molecule has 0 atom stereocenters. The van der Waals surface area contributed by atoms with Gasteiger partial charge in [0.05, 0.1) is 21.3 Å². The Morgan fingerprint density at radius 1 is 0.857 bits per heavy atom. The summed E-state index contributed by atoms with van der Waals surface area (Å²) in [5.74, 6) is 3.34. The monoisotopic (exact) mass is 308 g/mol. The van der Waals surface area contributed by atoms with Gasteiger partial charge in [0.1, 0.15) is 11.5 Å². The molecular formula is C16H17ClO4. The molecule has 0 fully saturated rings. The fraction of sp³-hybridized carbons (Fsp3) is 0.250. The van der Waals surface area contributed by atoms with Crippen LogP contribution in [0, 0.1) is 0 Å². The van der Waals surface area contributed by atoms with E-state index in [1.165, 1.54) is 0 Å². The van der Waals surface area contributed by atoms with Gasteiger partial charge >= 0.3 is 0 Å². The van der Waals surface area contributed by atoms with Gasteiger partial charge < -0.3 is 18.9 Å². The zero-order valence-electron chi connectivity index (χ0n) is 12.2. The number of benzene rings is 2. The Bertz CT molecular complexity index is 588. The number of hydrogen-bond acceptors (Lipinski definition) is 4. The maximum Gasteiger partial charge on any atom is 0.203 e. The van der Waals surface area contributed by atoms with Gasteiger partial charge in [-0.05, 0) is 17.7 Å². The summed E-state index contributed by atoms with van der Waals surface area (Å²) in [6.45, 7) is 0.